The average Bonchev–Trinajstić information content (AvgIpc) is 2.56. The monoisotopic (exact) mass is 357 g/mol. The quantitative estimate of drug-likeness (QED) is 0.755. The first-order chi connectivity index (χ1) is 11.9. The van der Waals surface area contributed by atoms with E-state index in [9.17, 15) is 14.4 Å². The van der Waals surface area contributed by atoms with E-state index in [1.807, 2.05) is 19.9 Å². The molecule has 0 atom stereocenters. The van der Waals surface area contributed by atoms with E-state index in [2.05, 4.69) is 10.4 Å². The van der Waals surface area contributed by atoms with Crippen LogP contribution < -0.4 is 16.4 Å². The van der Waals surface area contributed by atoms with E-state index in [-0.39, 0.29) is 11.9 Å². The number of nitrogens with one attached hydrogen (secondary N) is 2. The van der Waals surface area contributed by atoms with Crippen molar-refractivity contribution in [3.8, 4) is 0 Å². The summed E-state index contributed by atoms with van der Waals surface area (Å²) >= 11 is 6.18. The predicted octanol–water partition coefficient (Wildman–Crippen LogP) is 2.60. The molecule has 3 rings (SSSR count). The van der Waals surface area contributed by atoms with E-state index in [1.54, 1.807) is 30.3 Å². The van der Waals surface area contributed by atoms with Gasteiger partial charge in [0.15, 0.2) is 0 Å². The van der Waals surface area contributed by atoms with Gasteiger partial charge in [-0.15, -0.1) is 0 Å². The molecule has 0 aliphatic carbocycles. The number of nitrogens with zero attached hydrogens (tertiary/aromatic N) is 1. The third-order valence-corrected chi connectivity index (χ3v) is 4.18. The van der Waals surface area contributed by atoms with Gasteiger partial charge < -0.3 is 5.32 Å². The lowest BCUT2D eigenvalue weighted by molar-refractivity contribution is -0.117. The molecule has 7 heteroatoms. The number of halogens is 1. The summed E-state index contributed by atoms with van der Waals surface area (Å²) in [5.41, 5.74) is 1.44. The molecule has 2 N–H and O–H groups in total. The number of rotatable bonds is 3. The fraction of sp³-hybridized carbons (Fsp3) is 0.167. The molecule has 2 aromatic carbocycles. The number of fused-ring (bicyclic) bond motifs is 1. The Morgan fingerprint density at radius 3 is 2.52 bits per heavy atom. The Hall–Kier alpha value is -2.86. The number of H-pyrrole nitrogens is 1. The van der Waals surface area contributed by atoms with Crippen LogP contribution in [0.2, 0.25) is 5.02 Å². The van der Waals surface area contributed by atoms with Crippen LogP contribution in [-0.4, -0.2) is 15.7 Å². The fourth-order valence-corrected chi connectivity index (χ4v) is 3.12. The zero-order valence-corrected chi connectivity index (χ0v) is 14.5. The average molecular weight is 358 g/mol. The van der Waals surface area contributed by atoms with Crippen molar-refractivity contribution < 1.29 is 4.79 Å². The minimum atomic E-state index is -0.457. The normalized spacial score (nSPS) is 10.8. The Morgan fingerprint density at radius 1 is 1.16 bits per heavy atom. The van der Waals surface area contributed by atoms with Gasteiger partial charge in [0.1, 0.15) is 6.54 Å². The smallest absolute Gasteiger partial charge is 0.273 e. The van der Waals surface area contributed by atoms with Crippen molar-refractivity contribution in [3.63, 3.8) is 0 Å². The summed E-state index contributed by atoms with van der Waals surface area (Å²) < 4.78 is 0.997. The molecule has 0 saturated heterocycles. The maximum atomic E-state index is 12.4. The predicted molar refractivity (Wildman–Crippen MR) is 98.4 cm³/mol. The van der Waals surface area contributed by atoms with Crippen LogP contribution in [0.3, 0.4) is 0 Å². The standard InChI is InChI=1S/C18H16ClN3O3/c1-10-7-11(2)16(14(19)8-10)20-15(23)9-22-18(25)13-6-4-3-5-12(13)17(24)21-22/h3-8H,9H2,1-2H3,(H,20,23)(H,21,24). The highest BCUT2D eigenvalue weighted by molar-refractivity contribution is 6.34. The largest absolute Gasteiger partial charge is 0.323 e. The van der Waals surface area contributed by atoms with Crippen molar-refractivity contribution in [3.05, 3.63) is 73.3 Å². The van der Waals surface area contributed by atoms with Crippen LogP contribution >= 0.6 is 11.6 Å². The van der Waals surface area contributed by atoms with Crippen molar-refractivity contribution in [2.45, 2.75) is 20.4 Å². The van der Waals surface area contributed by atoms with Gasteiger partial charge in [-0.25, -0.2) is 4.68 Å². The number of carbonyl (C=O) groups excluding carboxylic acids is 1. The zero-order valence-electron chi connectivity index (χ0n) is 13.7. The molecule has 0 bridgehead atoms. The van der Waals surface area contributed by atoms with E-state index in [4.69, 9.17) is 11.6 Å². The van der Waals surface area contributed by atoms with E-state index >= 15 is 0 Å². The van der Waals surface area contributed by atoms with Gasteiger partial charge in [0.05, 0.1) is 21.5 Å². The third kappa shape index (κ3) is 3.34. The highest BCUT2D eigenvalue weighted by Crippen LogP contribution is 2.27. The number of hydrogen-bond donors (Lipinski definition) is 2. The topological polar surface area (TPSA) is 84.0 Å². The summed E-state index contributed by atoms with van der Waals surface area (Å²) in [5.74, 6) is -0.457. The summed E-state index contributed by atoms with van der Waals surface area (Å²) in [4.78, 5) is 36.8. The molecule has 0 aliphatic heterocycles. The maximum absolute atomic E-state index is 12.4. The molecule has 0 spiro atoms. The number of benzene rings is 2. The molecule has 25 heavy (non-hydrogen) atoms. The van der Waals surface area contributed by atoms with Gasteiger partial charge in [-0.05, 0) is 43.2 Å². The van der Waals surface area contributed by atoms with Gasteiger partial charge in [-0.3, -0.25) is 19.5 Å². The molecule has 0 unspecified atom stereocenters. The SMILES string of the molecule is Cc1cc(C)c(NC(=O)Cn2[nH]c(=O)c3ccccc3c2=O)c(Cl)c1. The minimum Gasteiger partial charge on any atom is -0.323 e. The maximum Gasteiger partial charge on any atom is 0.273 e. The Morgan fingerprint density at radius 2 is 1.84 bits per heavy atom. The highest BCUT2D eigenvalue weighted by atomic mass is 35.5. The second-order valence-electron chi connectivity index (χ2n) is 5.86. The van der Waals surface area contributed by atoms with Gasteiger partial charge in [-0.2, -0.15) is 0 Å². The summed E-state index contributed by atoms with van der Waals surface area (Å²) in [7, 11) is 0. The molecule has 6 nitrogen and oxygen atoms in total. The van der Waals surface area contributed by atoms with Crippen LogP contribution in [0.25, 0.3) is 10.8 Å². The number of hydrogen-bond acceptors (Lipinski definition) is 3. The number of amides is 1. The van der Waals surface area contributed by atoms with Crippen LogP contribution in [-0.2, 0) is 11.3 Å². The van der Waals surface area contributed by atoms with Gasteiger partial charge in [0.25, 0.3) is 11.1 Å². The van der Waals surface area contributed by atoms with Crippen molar-refractivity contribution in [2.75, 3.05) is 5.32 Å². The molecule has 0 fully saturated rings. The second kappa shape index (κ2) is 6.57. The van der Waals surface area contributed by atoms with Crippen LogP contribution in [0.5, 0.6) is 0 Å². The lowest BCUT2D eigenvalue weighted by atomic mass is 10.1. The number of aromatic amines is 1. The minimum absolute atomic E-state index is 0.267. The Labute approximate surface area is 148 Å². The summed E-state index contributed by atoms with van der Waals surface area (Å²) in [5, 5.41) is 6.11. The van der Waals surface area contributed by atoms with Crippen LogP contribution in [0.4, 0.5) is 5.69 Å². The second-order valence-corrected chi connectivity index (χ2v) is 6.27. The molecular formula is C18H16ClN3O3. The fourth-order valence-electron chi connectivity index (χ4n) is 2.75. The van der Waals surface area contributed by atoms with Crippen molar-refractivity contribution in [2.24, 2.45) is 0 Å². The van der Waals surface area contributed by atoms with Gasteiger partial charge in [0, 0.05) is 0 Å². The van der Waals surface area contributed by atoms with Gasteiger partial charge in [-0.1, -0.05) is 29.8 Å². The molecule has 1 aromatic heterocycles. The van der Waals surface area contributed by atoms with Crippen molar-refractivity contribution >= 4 is 34.0 Å². The van der Waals surface area contributed by atoms with E-state index in [1.165, 1.54) is 0 Å². The zero-order chi connectivity index (χ0) is 18.1. The number of aryl methyl sites for hydroxylation is 2. The highest BCUT2D eigenvalue weighted by Gasteiger charge is 2.13. The first-order valence-corrected chi connectivity index (χ1v) is 8.03. The van der Waals surface area contributed by atoms with Gasteiger partial charge >= 0.3 is 0 Å². The molecule has 0 saturated carbocycles. The van der Waals surface area contributed by atoms with Crippen molar-refractivity contribution in [1.29, 1.82) is 0 Å². The molecule has 1 amide bonds. The third-order valence-electron chi connectivity index (χ3n) is 3.88. The van der Waals surface area contributed by atoms with Crippen LogP contribution in [0.1, 0.15) is 11.1 Å². The first kappa shape index (κ1) is 17.0. The number of anilines is 1. The Bertz CT molecular complexity index is 1080. The first-order valence-electron chi connectivity index (χ1n) is 7.65. The van der Waals surface area contributed by atoms with Gasteiger partial charge in [0.2, 0.25) is 5.91 Å². The molecular weight excluding hydrogens is 342 g/mol. The molecule has 0 radical (unpaired) electrons. The lowest BCUT2D eigenvalue weighted by Crippen LogP contribution is -2.34. The Balaban J connectivity index is 1.92. The molecule has 0 aliphatic rings. The summed E-state index contributed by atoms with van der Waals surface area (Å²) in [6.07, 6.45) is 0. The molecule has 3 aromatic rings. The van der Waals surface area contributed by atoms with E-state index < -0.39 is 17.0 Å². The Kier molecular flexibility index (Phi) is 4.46. The lowest BCUT2D eigenvalue weighted by Gasteiger charge is -2.12. The summed E-state index contributed by atoms with van der Waals surface area (Å²) in [6.45, 7) is 3.42. The van der Waals surface area contributed by atoms with E-state index in [0.29, 0.717) is 16.1 Å². The molecule has 1 heterocycles. The summed E-state index contributed by atoms with van der Waals surface area (Å²) in [6, 6.07) is 10.1. The molecule has 128 valence electrons. The van der Waals surface area contributed by atoms with Crippen LogP contribution in [0, 0.1) is 13.8 Å². The van der Waals surface area contributed by atoms with Crippen LogP contribution in [0.15, 0.2) is 46.0 Å². The van der Waals surface area contributed by atoms with Crippen molar-refractivity contribution in [1.82, 2.24) is 9.78 Å². The number of carbonyl (C=O) groups is 1. The van der Waals surface area contributed by atoms with E-state index in [0.717, 1.165) is 15.8 Å². The number of aromatic nitrogens is 2.